The molecule has 0 aliphatic rings. The molecule has 5 rings (SSSR count). The molecule has 0 atom stereocenters. The van der Waals surface area contributed by atoms with Crippen LogP contribution in [0.4, 0.5) is 18.9 Å². The van der Waals surface area contributed by atoms with Crippen molar-refractivity contribution < 1.29 is 27.4 Å². The third kappa shape index (κ3) is 5.36. The Hall–Kier alpha value is -4.58. The van der Waals surface area contributed by atoms with E-state index in [0.29, 0.717) is 33.8 Å². The minimum atomic E-state index is -4.81. The molecule has 2 aromatic carbocycles. The van der Waals surface area contributed by atoms with Gasteiger partial charge >= 0.3 is 6.18 Å². The van der Waals surface area contributed by atoms with E-state index in [1.807, 2.05) is 24.3 Å². The van der Waals surface area contributed by atoms with Crippen LogP contribution in [0.2, 0.25) is 5.02 Å². The van der Waals surface area contributed by atoms with Crippen LogP contribution in [-0.2, 0) is 12.7 Å². The summed E-state index contributed by atoms with van der Waals surface area (Å²) in [6.07, 6.45) is -1.83. The van der Waals surface area contributed by atoms with Crippen LogP contribution in [0.15, 0.2) is 67.0 Å². The molecule has 0 bridgehead atoms. The fraction of sp³-hybridized carbons (Fsp3) is 0.154. The second kappa shape index (κ2) is 10.3. The lowest BCUT2D eigenvalue weighted by Crippen LogP contribution is -2.15. The van der Waals surface area contributed by atoms with E-state index in [4.69, 9.17) is 21.1 Å². The van der Waals surface area contributed by atoms with Gasteiger partial charge in [0.05, 0.1) is 38.3 Å². The zero-order valence-electron chi connectivity index (χ0n) is 20.5. The number of anilines is 1. The van der Waals surface area contributed by atoms with Gasteiger partial charge in [0.15, 0.2) is 17.0 Å². The monoisotopic (exact) mass is 556 g/mol. The lowest BCUT2D eigenvalue weighted by atomic mass is 10.1. The number of hydrogen-bond acceptors (Lipinski definition) is 6. The number of halogens is 4. The summed E-state index contributed by atoms with van der Waals surface area (Å²) in [4.78, 5) is 17.3. The van der Waals surface area contributed by atoms with Gasteiger partial charge in [0.2, 0.25) is 0 Å². The van der Waals surface area contributed by atoms with E-state index in [-0.39, 0.29) is 16.4 Å². The van der Waals surface area contributed by atoms with Gasteiger partial charge in [0.25, 0.3) is 5.91 Å². The van der Waals surface area contributed by atoms with Crippen LogP contribution in [0.5, 0.6) is 11.5 Å². The van der Waals surface area contributed by atoms with Crippen molar-refractivity contribution in [2.24, 2.45) is 0 Å². The number of aromatic nitrogens is 5. The molecule has 5 aromatic rings. The van der Waals surface area contributed by atoms with Crippen LogP contribution in [0.1, 0.15) is 21.7 Å². The van der Waals surface area contributed by atoms with Gasteiger partial charge in [0, 0.05) is 11.8 Å². The molecule has 1 amide bonds. The molecule has 0 saturated heterocycles. The number of carbonyl (C=O) groups is 1. The van der Waals surface area contributed by atoms with E-state index in [1.54, 1.807) is 42.3 Å². The number of benzene rings is 2. The fourth-order valence-electron chi connectivity index (χ4n) is 3.93. The van der Waals surface area contributed by atoms with Crippen LogP contribution >= 0.6 is 11.6 Å². The minimum absolute atomic E-state index is 0.0127. The maximum Gasteiger partial charge on any atom is 0.433 e. The summed E-state index contributed by atoms with van der Waals surface area (Å²) in [5.74, 6) is 0.313. The Labute approximate surface area is 224 Å². The van der Waals surface area contributed by atoms with E-state index in [2.05, 4.69) is 20.5 Å². The molecule has 3 heterocycles. The molecule has 0 saturated carbocycles. The van der Waals surface area contributed by atoms with Gasteiger partial charge in [-0.15, -0.1) is 0 Å². The Bertz CT molecular complexity index is 1680. The van der Waals surface area contributed by atoms with Crippen LogP contribution in [-0.4, -0.2) is 44.5 Å². The molecule has 39 heavy (non-hydrogen) atoms. The van der Waals surface area contributed by atoms with E-state index in [9.17, 15) is 18.0 Å². The van der Waals surface area contributed by atoms with Gasteiger partial charge in [-0.2, -0.15) is 23.4 Å². The van der Waals surface area contributed by atoms with Gasteiger partial charge in [-0.1, -0.05) is 35.9 Å². The number of amides is 1. The molecule has 1 N–H and O–H groups in total. The average molecular weight is 557 g/mol. The number of alkyl halides is 3. The maximum absolute atomic E-state index is 14.0. The lowest BCUT2D eigenvalue weighted by Gasteiger charge is -2.11. The fourth-order valence-corrected chi connectivity index (χ4v) is 4.18. The SMILES string of the molecule is COc1cccc(Cn2cc(NC(=O)c3nn4c(C(F)(F)F)cc(-c5cccc(OC)c5)nc4c3Cl)cn2)c1. The third-order valence-corrected chi connectivity index (χ3v) is 6.12. The normalized spacial score (nSPS) is 11.5. The van der Waals surface area contributed by atoms with Gasteiger partial charge in [-0.3, -0.25) is 9.48 Å². The smallest absolute Gasteiger partial charge is 0.433 e. The molecule has 0 unspecified atom stereocenters. The number of fused-ring (bicyclic) bond motifs is 1. The second-order valence-corrected chi connectivity index (χ2v) is 8.76. The summed E-state index contributed by atoms with van der Waals surface area (Å²) in [6.45, 7) is 0.397. The number of methoxy groups -OCH3 is 2. The number of rotatable bonds is 7. The number of nitrogens with one attached hydrogen (secondary N) is 1. The van der Waals surface area contributed by atoms with Crippen molar-refractivity contribution in [3.63, 3.8) is 0 Å². The van der Waals surface area contributed by atoms with Crippen molar-refractivity contribution >= 4 is 28.8 Å². The van der Waals surface area contributed by atoms with E-state index >= 15 is 0 Å². The molecule has 200 valence electrons. The standard InChI is InChI=1S/C26H20ClF3N6O3/c1-38-18-7-3-5-15(9-18)13-35-14-17(12-31-35)32-25(37)23-22(27)24-33-20(16-6-4-8-19(10-16)39-2)11-21(26(28,29)30)36(24)34-23/h3-12,14H,13H2,1-2H3,(H,32,37). The zero-order chi connectivity index (χ0) is 27.7. The highest BCUT2D eigenvalue weighted by molar-refractivity contribution is 6.37. The van der Waals surface area contributed by atoms with Crippen LogP contribution in [0.25, 0.3) is 16.9 Å². The summed E-state index contributed by atoms with van der Waals surface area (Å²) < 4.78 is 54.5. The Morgan fingerprint density at radius 2 is 1.77 bits per heavy atom. The topological polar surface area (TPSA) is 95.6 Å². The Balaban J connectivity index is 1.46. The molecule has 9 nitrogen and oxygen atoms in total. The van der Waals surface area contributed by atoms with Crippen LogP contribution in [0.3, 0.4) is 0 Å². The molecule has 0 aliphatic heterocycles. The predicted octanol–water partition coefficient (Wildman–Crippen LogP) is 5.58. The first-order chi connectivity index (χ1) is 18.7. The summed E-state index contributed by atoms with van der Waals surface area (Å²) in [7, 11) is 3.01. The number of ether oxygens (including phenoxy) is 2. The van der Waals surface area contributed by atoms with Crippen molar-refractivity contribution in [1.29, 1.82) is 0 Å². The Morgan fingerprint density at radius 1 is 1.05 bits per heavy atom. The predicted molar refractivity (Wildman–Crippen MR) is 137 cm³/mol. The van der Waals surface area contributed by atoms with Crippen LogP contribution < -0.4 is 14.8 Å². The molecular formula is C26H20ClF3N6O3. The lowest BCUT2D eigenvalue weighted by molar-refractivity contribution is -0.142. The van der Waals surface area contributed by atoms with Crippen LogP contribution in [0, 0.1) is 0 Å². The zero-order valence-corrected chi connectivity index (χ0v) is 21.3. The maximum atomic E-state index is 14.0. The first kappa shape index (κ1) is 26.0. The van der Waals surface area contributed by atoms with Crippen molar-refractivity contribution in [2.75, 3.05) is 19.5 Å². The van der Waals surface area contributed by atoms with Gasteiger partial charge in [-0.25, -0.2) is 9.50 Å². The highest BCUT2D eigenvalue weighted by Crippen LogP contribution is 2.35. The van der Waals surface area contributed by atoms with E-state index in [1.165, 1.54) is 13.3 Å². The molecule has 0 aliphatic carbocycles. The summed E-state index contributed by atoms with van der Waals surface area (Å²) >= 11 is 6.37. The van der Waals surface area contributed by atoms with Crippen molar-refractivity contribution in [3.05, 3.63) is 89.0 Å². The Morgan fingerprint density at radius 3 is 2.49 bits per heavy atom. The number of hydrogen-bond donors (Lipinski definition) is 1. The van der Waals surface area contributed by atoms with Gasteiger partial charge < -0.3 is 14.8 Å². The number of carbonyl (C=O) groups excluding carboxylic acids is 1. The second-order valence-electron chi connectivity index (χ2n) is 8.39. The van der Waals surface area contributed by atoms with Gasteiger partial charge in [0.1, 0.15) is 16.5 Å². The first-order valence-electron chi connectivity index (χ1n) is 11.4. The number of nitrogens with zero attached hydrogens (tertiary/aromatic N) is 5. The summed E-state index contributed by atoms with van der Waals surface area (Å²) in [5, 5.41) is 10.3. The van der Waals surface area contributed by atoms with Crippen molar-refractivity contribution in [1.82, 2.24) is 24.4 Å². The third-order valence-electron chi connectivity index (χ3n) is 5.77. The molecule has 13 heteroatoms. The summed E-state index contributed by atoms with van der Waals surface area (Å²) in [6, 6.07) is 14.6. The summed E-state index contributed by atoms with van der Waals surface area (Å²) in [5.41, 5.74) is -0.303. The van der Waals surface area contributed by atoms with Crippen molar-refractivity contribution in [3.8, 4) is 22.8 Å². The molecule has 0 fully saturated rings. The molecule has 3 aromatic heterocycles. The first-order valence-corrected chi connectivity index (χ1v) is 11.8. The average Bonchev–Trinajstić information content (AvgIpc) is 3.51. The van der Waals surface area contributed by atoms with Gasteiger partial charge in [-0.05, 0) is 35.9 Å². The molecular weight excluding hydrogens is 537 g/mol. The highest BCUT2D eigenvalue weighted by Gasteiger charge is 2.36. The molecule has 0 radical (unpaired) electrons. The minimum Gasteiger partial charge on any atom is -0.497 e. The quantitative estimate of drug-likeness (QED) is 0.281. The van der Waals surface area contributed by atoms with E-state index in [0.717, 1.165) is 11.6 Å². The van der Waals surface area contributed by atoms with E-state index < -0.39 is 23.5 Å². The van der Waals surface area contributed by atoms with Crippen molar-refractivity contribution in [2.45, 2.75) is 12.7 Å². The largest absolute Gasteiger partial charge is 0.497 e. The highest BCUT2D eigenvalue weighted by atomic mass is 35.5. The Kier molecular flexibility index (Phi) is 6.87. The molecule has 0 spiro atoms.